The molecule has 0 N–H and O–H groups in total. The highest BCUT2D eigenvalue weighted by Crippen LogP contribution is 2.34. The fourth-order valence-corrected chi connectivity index (χ4v) is 4.12. The molecule has 2 aliphatic heterocycles. The Bertz CT molecular complexity index is 900. The number of aromatic nitrogens is 4. The quantitative estimate of drug-likeness (QED) is 0.671. The molecule has 2 saturated heterocycles. The van der Waals surface area contributed by atoms with E-state index in [2.05, 4.69) is 33.3 Å². The van der Waals surface area contributed by atoms with E-state index in [0.717, 1.165) is 50.3 Å². The maximum Gasteiger partial charge on any atom is 0.245 e. The Morgan fingerprint density at radius 2 is 1.86 bits per heavy atom. The Hall–Kier alpha value is -2.51. The summed E-state index contributed by atoms with van der Waals surface area (Å²) < 4.78 is 13.6. The van der Waals surface area contributed by atoms with Crippen LogP contribution >= 0.6 is 0 Å². The molecule has 2 aromatic heterocycles. The summed E-state index contributed by atoms with van der Waals surface area (Å²) in [5.41, 5.74) is 2.12. The third-order valence-corrected chi connectivity index (χ3v) is 5.59. The second-order valence-electron chi connectivity index (χ2n) is 7.55. The van der Waals surface area contributed by atoms with Crippen LogP contribution < -0.4 is 0 Å². The first-order valence-corrected chi connectivity index (χ1v) is 10.2. The zero-order chi connectivity index (χ0) is 18.8. The van der Waals surface area contributed by atoms with Crippen molar-refractivity contribution in [2.75, 3.05) is 13.2 Å². The van der Waals surface area contributed by atoms with E-state index in [9.17, 15) is 0 Å². The summed E-state index contributed by atoms with van der Waals surface area (Å²) in [5.74, 6) is 1.35. The van der Waals surface area contributed by atoms with Crippen molar-refractivity contribution < 1.29 is 9.15 Å². The van der Waals surface area contributed by atoms with Gasteiger partial charge < -0.3 is 9.15 Å². The molecule has 7 heteroatoms. The van der Waals surface area contributed by atoms with Crippen molar-refractivity contribution in [3.05, 3.63) is 60.1 Å². The first kappa shape index (κ1) is 17.6. The SMILES string of the molecule is c1ccc(-n2ccc(CN3CCCC[C@H]3c3nnc([C@H]4CCCO4)o3)n2)cc1. The number of benzene rings is 1. The third kappa shape index (κ3) is 3.59. The average molecular weight is 379 g/mol. The molecule has 0 amide bonds. The zero-order valence-electron chi connectivity index (χ0n) is 15.9. The highest BCUT2D eigenvalue weighted by molar-refractivity contribution is 5.30. The van der Waals surface area contributed by atoms with Gasteiger partial charge in [-0.05, 0) is 50.4 Å². The van der Waals surface area contributed by atoms with Crippen molar-refractivity contribution in [1.29, 1.82) is 0 Å². The minimum atomic E-state index is -0.0279. The molecule has 2 fully saturated rings. The zero-order valence-corrected chi connectivity index (χ0v) is 15.9. The van der Waals surface area contributed by atoms with E-state index in [1.54, 1.807) is 0 Å². The van der Waals surface area contributed by atoms with Crippen molar-refractivity contribution >= 4 is 0 Å². The molecule has 5 rings (SSSR count). The molecule has 0 spiro atoms. The van der Waals surface area contributed by atoms with Crippen molar-refractivity contribution in [2.24, 2.45) is 0 Å². The Morgan fingerprint density at radius 1 is 0.964 bits per heavy atom. The van der Waals surface area contributed by atoms with Crippen molar-refractivity contribution in [3.63, 3.8) is 0 Å². The van der Waals surface area contributed by atoms with Gasteiger partial charge in [-0.25, -0.2) is 4.68 Å². The van der Waals surface area contributed by atoms with E-state index in [1.165, 1.54) is 12.8 Å². The predicted molar refractivity (Wildman–Crippen MR) is 103 cm³/mol. The van der Waals surface area contributed by atoms with E-state index in [1.807, 2.05) is 29.1 Å². The number of para-hydroxylation sites is 1. The minimum absolute atomic E-state index is 0.0279. The van der Waals surface area contributed by atoms with Crippen LogP contribution in [0.15, 0.2) is 47.0 Å². The predicted octanol–water partition coefficient (Wildman–Crippen LogP) is 3.83. The first-order valence-electron chi connectivity index (χ1n) is 10.2. The molecule has 0 saturated carbocycles. The summed E-state index contributed by atoms with van der Waals surface area (Å²) >= 11 is 0. The largest absolute Gasteiger partial charge is 0.421 e. The molecule has 2 atom stereocenters. The number of hydrogen-bond acceptors (Lipinski definition) is 6. The molecular formula is C21H25N5O2. The Balaban J connectivity index is 1.32. The molecule has 1 aromatic carbocycles. The van der Waals surface area contributed by atoms with E-state index in [4.69, 9.17) is 14.3 Å². The van der Waals surface area contributed by atoms with E-state index >= 15 is 0 Å². The number of rotatable bonds is 5. The summed E-state index contributed by atoms with van der Waals surface area (Å²) in [6.45, 7) is 2.57. The molecule has 2 aliphatic rings. The van der Waals surface area contributed by atoms with Gasteiger partial charge in [0.15, 0.2) is 0 Å². The molecule has 7 nitrogen and oxygen atoms in total. The standard InChI is InChI=1S/C21H25N5O2/c1-2-7-17(8-3-1)26-13-11-16(24-26)15-25-12-5-4-9-18(25)20-22-23-21(28-20)19-10-6-14-27-19/h1-3,7-8,11,13,18-19H,4-6,9-10,12,14-15H2/t18-,19+/m0/s1. The lowest BCUT2D eigenvalue weighted by atomic mass is 10.0. The van der Waals surface area contributed by atoms with Crippen LogP contribution in [-0.4, -0.2) is 38.0 Å². The van der Waals surface area contributed by atoms with Crippen LogP contribution in [0.2, 0.25) is 0 Å². The van der Waals surface area contributed by atoms with Crippen molar-refractivity contribution in [1.82, 2.24) is 24.9 Å². The van der Waals surface area contributed by atoms with Crippen molar-refractivity contribution in [3.8, 4) is 5.69 Å². The molecule has 146 valence electrons. The fraction of sp³-hybridized carbons (Fsp3) is 0.476. The van der Waals surface area contributed by atoms with Gasteiger partial charge in [-0.1, -0.05) is 24.6 Å². The highest BCUT2D eigenvalue weighted by atomic mass is 16.5. The first-order chi connectivity index (χ1) is 13.9. The highest BCUT2D eigenvalue weighted by Gasteiger charge is 2.31. The van der Waals surface area contributed by atoms with Crippen LogP contribution in [0, 0.1) is 0 Å². The van der Waals surface area contributed by atoms with Gasteiger partial charge in [0, 0.05) is 19.3 Å². The van der Waals surface area contributed by atoms with Crippen LogP contribution in [0.5, 0.6) is 0 Å². The molecule has 0 bridgehead atoms. The molecular weight excluding hydrogens is 354 g/mol. The fourth-order valence-electron chi connectivity index (χ4n) is 4.12. The Morgan fingerprint density at radius 3 is 2.71 bits per heavy atom. The Kier molecular flexibility index (Phi) is 4.93. The van der Waals surface area contributed by atoms with Crippen molar-refractivity contribution in [2.45, 2.75) is 50.8 Å². The summed E-state index contributed by atoms with van der Waals surface area (Å²) in [6.07, 6.45) is 7.41. The second kappa shape index (κ2) is 7.85. The maximum absolute atomic E-state index is 6.04. The monoisotopic (exact) mass is 379 g/mol. The summed E-state index contributed by atoms with van der Waals surface area (Å²) in [6, 6.07) is 12.4. The van der Waals surface area contributed by atoms with Gasteiger partial charge in [0.2, 0.25) is 11.8 Å². The number of hydrogen-bond donors (Lipinski definition) is 0. The number of likely N-dealkylation sites (tertiary alicyclic amines) is 1. The molecule has 0 unspecified atom stereocenters. The van der Waals surface area contributed by atoms with Gasteiger partial charge in [-0.15, -0.1) is 10.2 Å². The lowest BCUT2D eigenvalue weighted by molar-refractivity contribution is 0.0792. The average Bonchev–Trinajstić information content (AvgIpc) is 3.50. The van der Waals surface area contributed by atoms with Crippen LogP contribution in [0.3, 0.4) is 0 Å². The molecule has 0 radical (unpaired) electrons. The molecule has 3 aromatic rings. The normalized spacial score (nSPS) is 23.3. The molecule has 0 aliphatic carbocycles. The van der Waals surface area contributed by atoms with Gasteiger partial charge in [0.05, 0.1) is 17.4 Å². The topological polar surface area (TPSA) is 69.2 Å². The minimum Gasteiger partial charge on any atom is -0.421 e. The smallest absolute Gasteiger partial charge is 0.245 e. The number of nitrogens with zero attached hydrogens (tertiary/aromatic N) is 5. The van der Waals surface area contributed by atoms with Gasteiger partial charge in [0.25, 0.3) is 0 Å². The number of piperidine rings is 1. The summed E-state index contributed by atoms with van der Waals surface area (Å²) in [4.78, 5) is 2.41. The van der Waals surface area contributed by atoms with Gasteiger partial charge in [0.1, 0.15) is 6.10 Å². The third-order valence-electron chi connectivity index (χ3n) is 5.59. The summed E-state index contributed by atoms with van der Waals surface area (Å²) in [7, 11) is 0. The van der Waals surface area contributed by atoms with Crippen LogP contribution in [0.4, 0.5) is 0 Å². The number of ether oxygens (including phenoxy) is 1. The second-order valence-corrected chi connectivity index (χ2v) is 7.55. The lowest BCUT2D eigenvalue weighted by Crippen LogP contribution is -2.33. The maximum atomic E-state index is 6.04. The van der Waals surface area contributed by atoms with Gasteiger partial charge in [-0.3, -0.25) is 4.90 Å². The van der Waals surface area contributed by atoms with Gasteiger partial charge in [-0.2, -0.15) is 5.10 Å². The van der Waals surface area contributed by atoms with Crippen LogP contribution in [0.25, 0.3) is 5.69 Å². The van der Waals surface area contributed by atoms with E-state index in [0.29, 0.717) is 11.8 Å². The Labute approximate surface area is 164 Å². The van der Waals surface area contributed by atoms with E-state index in [-0.39, 0.29) is 12.1 Å². The van der Waals surface area contributed by atoms with Gasteiger partial charge >= 0.3 is 0 Å². The van der Waals surface area contributed by atoms with Crippen LogP contribution in [-0.2, 0) is 11.3 Å². The lowest BCUT2D eigenvalue weighted by Gasteiger charge is -2.32. The molecule has 4 heterocycles. The van der Waals surface area contributed by atoms with Crippen LogP contribution in [0.1, 0.15) is 61.7 Å². The van der Waals surface area contributed by atoms with E-state index < -0.39 is 0 Å². The summed E-state index contributed by atoms with van der Waals surface area (Å²) in [5, 5.41) is 13.4. The molecule has 28 heavy (non-hydrogen) atoms.